The molecule has 0 atom stereocenters. The largest absolute Gasteiger partial charge is 0.336 e. The van der Waals surface area contributed by atoms with Gasteiger partial charge in [-0.25, -0.2) is 0 Å². The topological polar surface area (TPSA) is 4.93 Å². The maximum atomic E-state index is 2.47. The molecule has 0 N–H and O–H groups in total. The second-order valence-electron chi connectivity index (χ2n) is 9.76. The van der Waals surface area contributed by atoms with E-state index < -0.39 is 0 Å². The molecule has 34 heavy (non-hydrogen) atoms. The van der Waals surface area contributed by atoms with Crippen molar-refractivity contribution in [2.75, 3.05) is 0 Å². The highest BCUT2D eigenvalue weighted by atomic mass is 15.0. The Bertz CT molecular complexity index is 1730. The van der Waals surface area contributed by atoms with Crippen LogP contribution in [0.2, 0.25) is 0 Å². The highest BCUT2D eigenvalue weighted by molar-refractivity contribution is 6.08. The van der Waals surface area contributed by atoms with E-state index in [0.29, 0.717) is 0 Å². The van der Waals surface area contributed by atoms with Gasteiger partial charge < -0.3 is 4.57 Å². The lowest BCUT2D eigenvalue weighted by atomic mass is 9.93. The Hall–Kier alpha value is -4.10. The minimum Gasteiger partial charge on any atom is -0.336 e. The quantitative estimate of drug-likeness (QED) is 0.260. The molecule has 160 valence electrons. The van der Waals surface area contributed by atoms with Gasteiger partial charge in [0.1, 0.15) is 0 Å². The Morgan fingerprint density at radius 3 is 1.82 bits per heavy atom. The molecule has 1 aromatic heterocycles. The molecule has 0 radical (unpaired) electrons. The van der Waals surface area contributed by atoms with Gasteiger partial charge in [0.15, 0.2) is 0 Å². The summed E-state index contributed by atoms with van der Waals surface area (Å²) in [7, 11) is 0. The van der Waals surface area contributed by atoms with Gasteiger partial charge in [-0.2, -0.15) is 0 Å². The summed E-state index contributed by atoms with van der Waals surface area (Å²) >= 11 is 0. The summed E-state index contributed by atoms with van der Waals surface area (Å²) in [4.78, 5) is 0. The van der Waals surface area contributed by atoms with Crippen molar-refractivity contribution in [3.05, 3.63) is 131 Å². The SMILES string of the molecule is c1ccc2c(c1)Cc1ccc3c(c1-2)-c1ccc(Cn2c4ccccc4c4ccccc42)cc1C3. The van der Waals surface area contributed by atoms with Crippen molar-refractivity contribution < 1.29 is 0 Å². The molecule has 0 bridgehead atoms. The lowest BCUT2D eigenvalue weighted by molar-refractivity contribution is 0.867. The van der Waals surface area contributed by atoms with E-state index in [-0.39, 0.29) is 0 Å². The van der Waals surface area contributed by atoms with E-state index in [1.165, 1.54) is 71.9 Å². The van der Waals surface area contributed by atoms with Crippen LogP contribution in [-0.2, 0) is 19.4 Å². The Morgan fingerprint density at radius 1 is 0.500 bits per heavy atom. The fourth-order valence-electron chi connectivity index (χ4n) is 6.42. The highest BCUT2D eigenvalue weighted by Crippen LogP contribution is 2.49. The molecule has 1 heterocycles. The zero-order valence-electron chi connectivity index (χ0n) is 18.9. The molecule has 1 nitrogen and oxygen atoms in total. The number of rotatable bonds is 2. The van der Waals surface area contributed by atoms with E-state index in [2.05, 4.69) is 108 Å². The fraction of sp³-hybridized carbons (Fsp3) is 0.0909. The maximum absolute atomic E-state index is 2.47. The first kappa shape index (κ1) is 18.3. The summed E-state index contributed by atoms with van der Waals surface area (Å²) in [5.41, 5.74) is 15.7. The van der Waals surface area contributed by atoms with Crippen LogP contribution in [0, 0.1) is 0 Å². The summed E-state index contributed by atoms with van der Waals surface area (Å²) in [6, 6.07) is 38.4. The number of nitrogens with zero attached hydrogens (tertiary/aromatic N) is 1. The summed E-state index contributed by atoms with van der Waals surface area (Å²) in [5.74, 6) is 0. The molecule has 0 aliphatic heterocycles. The lowest BCUT2D eigenvalue weighted by Gasteiger charge is -2.12. The van der Waals surface area contributed by atoms with Gasteiger partial charge in [0.05, 0.1) is 0 Å². The molecule has 0 amide bonds. The molecule has 0 fully saturated rings. The van der Waals surface area contributed by atoms with Crippen LogP contribution < -0.4 is 0 Å². The number of para-hydroxylation sites is 2. The van der Waals surface area contributed by atoms with Crippen molar-refractivity contribution in [3.63, 3.8) is 0 Å². The Labute approximate surface area is 198 Å². The third kappa shape index (κ3) is 2.44. The first-order chi connectivity index (χ1) is 16.8. The second kappa shape index (κ2) is 6.71. The first-order valence-corrected chi connectivity index (χ1v) is 12.2. The van der Waals surface area contributed by atoms with E-state index in [4.69, 9.17) is 0 Å². The normalized spacial score (nSPS) is 13.2. The molecule has 2 aliphatic rings. The maximum Gasteiger partial charge on any atom is 0.0494 e. The predicted octanol–water partition coefficient (Wildman–Crippen LogP) is 7.99. The minimum absolute atomic E-state index is 0.887. The molecular weight excluding hydrogens is 410 g/mol. The van der Waals surface area contributed by atoms with Gasteiger partial charge in [-0.15, -0.1) is 0 Å². The molecular formula is C33H23N. The van der Waals surface area contributed by atoms with E-state index in [0.717, 1.165) is 19.4 Å². The van der Waals surface area contributed by atoms with Crippen molar-refractivity contribution in [2.45, 2.75) is 19.4 Å². The number of benzene rings is 5. The van der Waals surface area contributed by atoms with Gasteiger partial charge in [-0.3, -0.25) is 0 Å². The monoisotopic (exact) mass is 433 g/mol. The van der Waals surface area contributed by atoms with Crippen molar-refractivity contribution in [2.24, 2.45) is 0 Å². The average molecular weight is 434 g/mol. The molecule has 0 saturated carbocycles. The molecule has 8 rings (SSSR count). The van der Waals surface area contributed by atoms with Crippen LogP contribution in [0.15, 0.2) is 103 Å². The zero-order chi connectivity index (χ0) is 22.2. The first-order valence-electron chi connectivity index (χ1n) is 12.2. The molecule has 5 aromatic carbocycles. The molecule has 2 aliphatic carbocycles. The van der Waals surface area contributed by atoms with Crippen LogP contribution in [-0.4, -0.2) is 4.57 Å². The molecule has 0 saturated heterocycles. The summed E-state index contributed by atoms with van der Waals surface area (Å²) in [6.07, 6.45) is 2.08. The summed E-state index contributed by atoms with van der Waals surface area (Å²) in [6.45, 7) is 0.887. The smallest absolute Gasteiger partial charge is 0.0494 e. The number of hydrogen-bond acceptors (Lipinski definition) is 0. The fourth-order valence-corrected chi connectivity index (χ4v) is 6.42. The molecule has 6 aromatic rings. The van der Waals surface area contributed by atoms with Gasteiger partial charge in [-0.05, 0) is 75.0 Å². The van der Waals surface area contributed by atoms with Gasteiger partial charge >= 0.3 is 0 Å². The summed E-state index contributed by atoms with van der Waals surface area (Å²) < 4.78 is 2.47. The van der Waals surface area contributed by atoms with Crippen molar-refractivity contribution in [1.82, 2.24) is 4.57 Å². The van der Waals surface area contributed by atoms with Gasteiger partial charge in [0.2, 0.25) is 0 Å². The minimum atomic E-state index is 0.887. The number of hydrogen-bond donors (Lipinski definition) is 0. The van der Waals surface area contributed by atoms with Crippen LogP contribution in [0.3, 0.4) is 0 Å². The predicted molar refractivity (Wildman–Crippen MR) is 141 cm³/mol. The van der Waals surface area contributed by atoms with E-state index in [9.17, 15) is 0 Å². The lowest BCUT2D eigenvalue weighted by Crippen LogP contribution is -2.00. The van der Waals surface area contributed by atoms with Gasteiger partial charge in [0, 0.05) is 28.4 Å². The van der Waals surface area contributed by atoms with Gasteiger partial charge in [-0.1, -0.05) is 91.0 Å². The third-order valence-corrected chi connectivity index (χ3v) is 7.89. The molecule has 0 spiro atoms. The Balaban J connectivity index is 1.25. The Kier molecular flexibility index (Phi) is 3.62. The number of aromatic nitrogens is 1. The van der Waals surface area contributed by atoms with Crippen LogP contribution in [0.5, 0.6) is 0 Å². The van der Waals surface area contributed by atoms with Crippen molar-refractivity contribution in [3.8, 4) is 22.3 Å². The Morgan fingerprint density at radius 2 is 1.09 bits per heavy atom. The van der Waals surface area contributed by atoms with Crippen LogP contribution >= 0.6 is 0 Å². The van der Waals surface area contributed by atoms with Crippen molar-refractivity contribution >= 4 is 21.8 Å². The van der Waals surface area contributed by atoms with Crippen LogP contribution in [0.25, 0.3) is 44.1 Å². The van der Waals surface area contributed by atoms with Crippen LogP contribution in [0.1, 0.15) is 27.8 Å². The van der Waals surface area contributed by atoms with E-state index in [1.807, 2.05) is 0 Å². The molecule has 0 unspecified atom stereocenters. The average Bonchev–Trinajstić information content (AvgIpc) is 3.53. The van der Waals surface area contributed by atoms with Crippen molar-refractivity contribution in [1.29, 1.82) is 0 Å². The van der Waals surface area contributed by atoms with E-state index in [1.54, 1.807) is 0 Å². The van der Waals surface area contributed by atoms with Gasteiger partial charge in [0.25, 0.3) is 0 Å². The summed E-state index contributed by atoms with van der Waals surface area (Å²) in [5, 5.41) is 2.67. The second-order valence-corrected chi connectivity index (χ2v) is 9.76. The zero-order valence-corrected chi connectivity index (χ0v) is 18.9. The van der Waals surface area contributed by atoms with E-state index >= 15 is 0 Å². The third-order valence-electron chi connectivity index (χ3n) is 7.89. The standard InChI is InChI=1S/C33H23N/c1-2-8-26-22(7-1)18-23-14-15-24-19-25-17-21(13-16-27(25)33(24)32(23)26)20-34-30-11-5-3-9-28(30)29-10-4-6-12-31(29)34/h1-17H,18-20H2. The highest BCUT2D eigenvalue weighted by Gasteiger charge is 2.28. The molecule has 1 heteroatoms. The number of fused-ring (bicyclic) bond motifs is 10. The van der Waals surface area contributed by atoms with Crippen LogP contribution in [0.4, 0.5) is 0 Å².